The number of nitrogens with one attached hydrogen (secondary N) is 1. The molecule has 24 heavy (non-hydrogen) atoms. The highest BCUT2D eigenvalue weighted by Gasteiger charge is 2.37. The van der Waals surface area contributed by atoms with E-state index in [4.69, 9.17) is 4.74 Å². The molecular weight excluding hydrogens is 304 g/mol. The van der Waals surface area contributed by atoms with Crippen LogP contribution in [0.1, 0.15) is 31.2 Å². The zero-order valence-electron chi connectivity index (χ0n) is 14.4. The van der Waals surface area contributed by atoms with Crippen molar-refractivity contribution in [3.05, 3.63) is 35.9 Å². The van der Waals surface area contributed by atoms with Gasteiger partial charge in [0.1, 0.15) is 0 Å². The number of hydrogen-bond acceptors (Lipinski definition) is 4. The Morgan fingerprint density at radius 1 is 1.33 bits per heavy atom. The van der Waals surface area contributed by atoms with Gasteiger partial charge in [0.05, 0.1) is 24.7 Å². The molecule has 0 bridgehead atoms. The first-order valence-corrected chi connectivity index (χ1v) is 8.90. The lowest BCUT2D eigenvalue weighted by atomic mass is 9.93. The molecule has 0 spiro atoms. The van der Waals surface area contributed by atoms with Crippen LogP contribution in [0.2, 0.25) is 0 Å². The van der Waals surface area contributed by atoms with Gasteiger partial charge in [-0.2, -0.15) is 0 Å². The Kier molecular flexibility index (Phi) is 5.54. The minimum atomic E-state index is -0.933. The van der Waals surface area contributed by atoms with Crippen molar-refractivity contribution < 1.29 is 14.6 Å². The zero-order valence-corrected chi connectivity index (χ0v) is 14.4. The van der Waals surface area contributed by atoms with E-state index in [1.165, 1.54) is 0 Å². The molecule has 1 aliphatic heterocycles. The molecule has 0 aromatic heterocycles. The van der Waals surface area contributed by atoms with Gasteiger partial charge in [0.25, 0.3) is 0 Å². The Labute approximate surface area is 144 Å². The van der Waals surface area contributed by atoms with Crippen molar-refractivity contribution in [3.63, 3.8) is 0 Å². The summed E-state index contributed by atoms with van der Waals surface area (Å²) in [4.78, 5) is 14.9. The fourth-order valence-corrected chi connectivity index (χ4v) is 3.41. The minimum Gasteiger partial charge on any atom is -0.387 e. The molecule has 3 rings (SSSR count). The summed E-state index contributed by atoms with van der Waals surface area (Å²) in [6.07, 6.45) is 2.22. The second-order valence-corrected chi connectivity index (χ2v) is 7.33. The van der Waals surface area contributed by atoms with Crippen LogP contribution in [0.25, 0.3) is 0 Å². The Balaban J connectivity index is 1.55. The molecule has 2 aliphatic rings. The first-order valence-electron chi connectivity index (χ1n) is 8.90. The van der Waals surface area contributed by atoms with Gasteiger partial charge in [-0.15, -0.1) is 0 Å². The summed E-state index contributed by atoms with van der Waals surface area (Å²) in [5.41, 5.74) is 0.142. The molecule has 132 valence electrons. The van der Waals surface area contributed by atoms with E-state index in [2.05, 4.69) is 10.2 Å². The first kappa shape index (κ1) is 17.4. The van der Waals surface area contributed by atoms with E-state index in [0.717, 1.165) is 31.5 Å². The Morgan fingerprint density at radius 3 is 2.62 bits per heavy atom. The number of ether oxygens (including phenoxy) is 1. The average Bonchev–Trinajstić information content (AvgIpc) is 3.40. The van der Waals surface area contributed by atoms with Crippen LogP contribution in [-0.4, -0.2) is 60.9 Å². The lowest BCUT2D eigenvalue weighted by molar-refractivity contribution is -0.124. The molecule has 1 aliphatic carbocycles. The summed E-state index contributed by atoms with van der Waals surface area (Å²) in [5, 5.41) is 13.6. The van der Waals surface area contributed by atoms with Crippen LogP contribution >= 0.6 is 0 Å². The lowest BCUT2D eigenvalue weighted by Gasteiger charge is -2.34. The SMILES string of the molecule is CC(O)(CNC(=O)C(c1ccccc1)C1CC1)CN1CCOCC1. The van der Waals surface area contributed by atoms with E-state index in [1.807, 2.05) is 30.3 Å². The van der Waals surface area contributed by atoms with Gasteiger partial charge in [-0.1, -0.05) is 30.3 Å². The number of aliphatic hydroxyl groups is 1. The van der Waals surface area contributed by atoms with E-state index in [9.17, 15) is 9.90 Å². The van der Waals surface area contributed by atoms with Crippen molar-refractivity contribution in [2.75, 3.05) is 39.4 Å². The van der Waals surface area contributed by atoms with Crippen LogP contribution in [0.4, 0.5) is 0 Å². The highest BCUT2D eigenvalue weighted by molar-refractivity contribution is 5.84. The van der Waals surface area contributed by atoms with Gasteiger partial charge >= 0.3 is 0 Å². The number of β-amino-alcohol motifs (C(OH)–C–C–N with tert-alkyl or cyclic N) is 1. The maximum Gasteiger partial charge on any atom is 0.227 e. The zero-order chi connectivity index (χ0) is 17.0. The third-order valence-electron chi connectivity index (χ3n) is 4.85. The number of carbonyl (C=O) groups excluding carboxylic acids is 1. The summed E-state index contributed by atoms with van der Waals surface area (Å²) in [7, 11) is 0. The predicted octanol–water partition coefficient (Wildman–Crippen LogP) is 1.38. The van der Waals surface area contributed by atoms with Crippen molar-refractivity contribution in [1.82, 2.24) is 10.2 Å². The van der Waals surface area contributed by atoms with Crippen LogP contribution in [0.3, 0.4) is 0 Å². The van der Waals surface area contributed by atoms with E-state index in [0.29, 0.717) is 25.7 Å². The molecule has 2 fully saturated rings. The van der Waals surface area contributed by atoms with Crippen molar-refractivity contribution in [2.24, 2.45) is 5.92 Å². The van der Waals surface area contributed by atoms with Gasteiger partial charge in [-0.25, -0.2) is 0 Å². The second kappa shape index (κ2) is 7.64. The van der Waals surface area contributed by atoms with Crippen LogP contribution in [0, 0.1) is 5.92 Å². The van der Waals surface area contributed by atoms with Gasteiger partial charge in [-0.3, -0.25) is 9.69 Å². The number of benzene rings is 1. The quantitative estimate of drug-likeness (QED) is 0.792. The minimum absolute atomic E-state index is 0.0333. The summed E-state index contributed by atoms with van der Waals surface area (Å²) in [6, 6.07) is 9.97. The highest BCUT2D eigenvalue weighted by Crippen LogP contribution is 2.42. The van der Waals surface area contributed by atoms with Crippen molar-refractivity contribution in [2.45, 2.75) is 31.3 Å². The highest BCUT2D eigenvalue weighted by atomic mass is 16.5. The summed E-state index contributed by atoms with van der Waals surface area (Å²) in [6.45, 7) is 5.70. The fourth-order valence-electron chi connectivity index (χ4n) is 3.41. The van der Waals surface area contributed by atoms with Crippen LogP contribution in [-0.2, 0) is 9.53 Å². The molecule has 1 heterocycles. The molecule has 1 amide bonds. The topological polar surface area (TPSA) is 61.8 Å². The molecule has 1 saturated heterocycles. The monoisotopic (exact) mass is 332 g/mol. The van der Waals surface area contributed by atoms with E-state index < -0.39 is 5.60 Å². The number of amides is 1. The fraction of sp³-hybridized carbons (Fsp3) is 0.632. The predicted molar refractivity (Wildman–Crippen MR) is 92.8 cm³/mol. The molecule has 2 atom stereocenters. The normalized spacial score (nSPS) is 22.6. The number of hydrogen-bond donors (Lipinski definition) is 2. The number of morpholine rings is 1. The maximum absolute atomic E-state index is 12.7. The van der Waals surface area contributed by atoms with Gasteiger partial charge in [0, 0.05) is 26.2 Å². The molecule has 5 nitrogen and oxygen atoms in total. The molecule has 5 heteroatoms. The standard InChI is InChI=1S/C19H28N2O3/c1-19(23,14-21-9-11-24-12-10-21)13-20-18(22)17(16-7-8-16)15-5-3-2-4-6-15/h2-6,16-17,23H,7-14H2,1H3,(H,20,22). The second-order valence-electron chi connectivity index (χ2n) is 7.33. The van der Waals surface area contributed by atoms with Crippen molar-refractivity contribution in [3.8, 4) is 0 Å². The largest absolute Gasteiger partial charge is 0.387 e. The summed E-state index contributed by atoms with van der Waals surface area (Å²) < 4.78 is 5.33. The van der Waals surface area contributed by atoms with Gasteiger partial charge < -0.3 is 15.2 Å². The van der Waals surface area contributed by atoms with Crippen LogP contribution in [0.5, 0.6) is 0 Å². The lowest BCUT2D eigenvalue weighted by Crippen LogP contribution is -2.51. The molecule has 1 aromatic rings. The number of carbonyl (C=O) groups is 1. The van der Waals surface area contributed by atoms with Crippen LogP contribution < -0.4 is 5.32 Å². The summed E-state index contributed by atoms with van der Waals surface area (Å²) >= 11 is 0. The molecule has 2 unspecified atom stereocenters. The van der Waals surface area contributed by atoms with E-state index in [-0.39, 0.29) is 18.4 Å². The van der Waals surface area contributed by atoms with E-state index in [1.54, 1.807) is 6.92 Å². The third-order valence-corrected chi connectivity index (χ3v) is 4.85. The molecule has 1 aromatic carbocycles. The van der Waals surface area contributed by atoms with Gasteiger partial charge in [0.15, 0.2) is 0 Å². The van der Waals surface area contributed by atoms with Gasteiger partial charge in [0.2, 0.25) is 5.91 Å². The molecule has 2 N–H and O–H groups in total. The van der Waals surface area contributed by atoms with Crippen molar-refractivity contribution in [1.29, 1.82) is 0 Å². The van der Waals surface area contributed by atoms with E-state index >= 15 is 0 Å². The van der Waals surface area contributed by atoms with Crippen molar-refractivity contribution >= 4 is 5.91 Å². The average molecular weight is 332 g/mol. The smallest absolute Gasteiger partial charge is 0.227 e. The first-order chi connectivity index (χ1) is 11.6. The molecule has 0 radical (unpaired) electrons. The van der Waals surface area contributed by atoms with Crippen LogP contribution in [0.15, 0.2) is 30.3 Å². The number of nitrogens with zero attached hydrogens (tertiary/aromatic N) is 1. The number of rotatable bonds is 7. The Hall–Kier alpha value is -1.43. The third kappa shape index (κ3) is 4.79. The molecular formula is C19H28N2O3. The van der Waals surface area contributed by atoms with Gasteiger partial charge in [-0.05, 0) is 31.2 Å². The molecule has 1 saturated carbocycles. The Morgan fingerprint density at radius 2 is 2.00 bits per heavy atom. The maximum atomic E-state index is 12.7. The Bertz CT molecular complexity index is 537. The summed E-state index contributed by atoms with van der Waals surface area (Å²) in [5.74, 6) is 0.382.